The molecule has 1 heterocycles. The molecule has 1 fully saturated rings. The van der Waals surface area contributed by atoms with Gasteiger partial charge in [-0.15, -0.1) is 0 Å². The van der Waals surface area contributed by atoms with Gasteiger partial charge in [0.05, 0.1) is 5.70 Å². The molecule has 0 saturated carbocycles. The average molecular weight is 259 g/mol. The Morgan fingerprint density at radius 2 is 1.84 bits per heavy atom. The quantitative estimate of drug-likeness (QED) is 0.724. The van der Waals surface area contributed by atoms with Gasteiger partial charge in [0.25, 0.3) is 5.91 Å². The second-order valence-electron chi connectivity index (χ2n) is 4.30. The monoisotopic (exact) mass is 259 g/mol. The molecular weight excluding hydrogens is 250 g/mol. The van der Waals surface area contributed by atoms with E-state index in [0.717, 1.165) is 6.08 Å². The highest BCUT2D eigenvalue weighted by Crippen LogP contribution is 2.30. The second-order valence-corrected chi connectivity index (χ2v) is 4.30. The molecule has 0 aromatic heterocycles. The van der Waals surface area contributed by atoms with Gasteiger partial charge >= 0.3 is 0 Å². The third kappa shape index (κ3) is 2.02. The standard InChI is InChI=1S/C13H9NO5/c15-7-3-1-6(2-4-7)13(18)14-8-5-9(16)11-12(19-11)10(8)17/h1-5,11-12,15H,(H,14,18)/t11-,12+/m1/s1. The van der Waals surface area contributed by atoms with Crippen LogP contribution in [0.5, 0.6) is 5.75 Å². The third-order valence-corrected chi connectivity index (χ3v) is 2.96. The molecule has 2 N–H and O–H groups in total. The normalized spacial score (nSPS) is 24.5. The molecule has 2 atom stereocenters. The number of ketones is 2. The molecular formula is C13H9NO5. The Morgan fingerprint density at radius 3 is 2.53 bits per heavy atom. The van der Waals surface area contributed by atoms with Crippen molar-refractivity contribution in [3.63, 3.8) is 0 Å². The van der Waals surface area contributed by atoms with Crippen molar-refractivity contribution < 1.29 is 24.2 Å². The third-order valence-electron chi connectivity index (χ3n) is 2.96. The zero-order chi connectivity index (χ0) is 13.6. The van der Waals surface area contributed by atoms with Gasteiger partial charge in [-0.1, -0.05) is 0 Å². The van der Waals surface area contributed by atoms with Gasteiger partial charge in [-0.2, -0.15) is 0 Å². The lowest BCUT2D eigenvalue weighted by Gasteiger charge is -2.10. The maximum atomic E-state index is 11.9. The van der Waals surface area contributed by atoms with Crippen LogP contribution in [0.15, 0.2) is 36.0 Å². The van der Waals surface area contributed by atoms with Crippen molar-refractivity contribution in [2.45, 2.75) is 12.2 Å². The van der Waals surface area contributed by atoms with Gasteiger partial charge in [-0.05, 0) is 24.3 Å². The summed E-state index contributed by atoms with van der Waals surface area (Å²) >= 11 is 0. The summed E-state index contributed by atoms with van der Waals surface area (Å²) in [4.78, 5) is 35.0. The van der Waals surface area contributed by atoms with Crippen LogP contribution >= 0.6 is 0 Å². The van der Waals surface area contributed by atoms with E-state index in [1.807, 2.05) is 0 Å². The van der Waals surface area contributed by atoms with E-state index in [0.29, 0.717) is 0 Å². The van der Waals surface area contributed by atoms with Crippen LogP contribution in [0.1, 0.15) is 10.4 Å². The van der Waals surface area contributed by atoms with Crippen molar-refractivity contribution in [1.29, 1.82) is 0 Å². The van der Waals surface area contributed by atoms with Gasteiger partial charge in [0.1, 0.15) is 5.75 Å². The number of phenolic OH excluding ortho intramolecular Hbond substituents is 1. The van der Waals surface area contributed by atoms with E-state index < -0.39 is 23.9 Å². The van der Waals surface area contributed by atoms with Crippen LogP contribution in [-0.2, 0) is 14.3 Å². The van der Waals surface area contributed by atoms with Crippen LogP contribution in [-0.4, -0.2) is 34.8 Å². The van der Waals surface area contributed by atoms with Crippen LogP contribution in [0.25, 0.3) is 0 Å². The molecule has 0 spiro atoms. The summed E-state index contributed by atoms with van der Waals surface area (Å²) in [6.07, 6.45) is -0.316. The summed E-state index contributed by atoms with van der Waals surface area (Å²) in [5.74, 6) is -1.19. The summed E-state index contributed by atoms with van der Waals surface area (Å²) in [5, 5.41) is 11.5. The second kappa shape index (κ2) is 4.03. The van der Waals surface area contributed by atoms with E-state index in [9.17, 15) is 14.4 Å². The fourth-order valence-corrected chi connectivity index (χ4v) is 1.88. The predicted octanol–water partition coefficient (Wildman–Crippen LogP) is -0.0749. The Kier molecular flexibility index (Phi) is 2.46. The van der Waals surface area contributed by atoms with Gasteiger partial charge < -0.3 is 15.2 Å². The topological polar surface area (TPSA) is 96.0 Å². The highest BCUT2D eigenvalue weighted by molar-refractivity contribution is 6.17. The summed E-state index contributed by atoms with van der Waals surface area (Å²) in [6, 6.07) is 5.54. The molecule has 1 amide bonds. The Hall–Kier alpha value is -2.47. The van der Waals surface area contributed by atoms with Crippen molar-refractivity contribution in [2.24, 2.45) is 0 Å². The SMILES string of the molecule is O=C(NC1=CC(=O)[C@H]2O[C@H]2C1=O)c1ccc(O)cc1. The number of ether oxygens (including phenoxy) is 1. The molecule has 1 aromatic carbocycles. The maximum Gasteiger partial charge on any atom is 0.255 e. The minimum atomic E-state index is -0.743. The number of rotatable bonds is 2. The average Bonchev–Trinajstić information content (AvgIpc) is 3.17. The molecule has 2 aliphatic rings. The maximum absolute atomic E-state index is 11.9. The first-order valence-electron chi connectivity index (χ1n) is 5.62. The van der Waals surface area contributed by atoms with E-state index in [-0.39, 0.29) is 22.8 Å². The number of benzene rings is 1. The fourth-order valence-electron chi connectivity index (χ4n) is 1.88. The van der Waals surface area contributed by atoms with Gasteiger partial charge in [-0.3, -0.25) is 14.4 Å². The van der Waals surface area contributed by atoms with E-state index in [1.165, 1.54) is 24.3 Å². The van der Waals surface area contributed by atoms with Gasteiger partial charge in [0, 0.05) is 11.6 Å². The summed E-state index contributed by atoms with van der Waals surface area (Å²) in [5.41, 5.74) is 0.222. The van der Waals surface area contributed by atoms with Gasteiger partial charge in [0.15, 0.2) is 18.0 Å². The molecule has 3 rings (SSSR count). The molecule has 0 unspecified atom stereocenters. The van der Waals surface area contributed by atoms with Crippen molar-refractivity contribution >= 4 is 17.5 Å². The number of hydrogen-bond donors (Lipinski definition) is 2. The Labute approximate surface area is 107 Å². The van der Waals surface area contributed by atoms with Gasteiger partial charge in [-0.25, -0.2) is 0 Å². The lowest BCUT2D eigenvalue weighted by Crippen LogP contribution is -2.34. The number of amides is 1. The van der Waals surface area contributed by atoms with E-state index in [1.54, 1.807) is 0 Å². The predicted molar refractivity (Wildman–Crippen MR) is 62.3 cm³/mol. The molecule has 6 heteroatoms. The first kappa shape index (κ1) is 11.6. The van der Waals surface area contributed by atoms with E-state index >= 15 is 0 Å². The molecule has 1 aliphatic carbocycles. The van der Waals surface area contributed by atoms with Crippen molar-refractivity contribution in [3.8, 4) is 5.75 Å². The Balaban J connectivity index is 1.78. The molecule has 1 aromatic rings. The number of fused-ring (bicyclic) bond motifs is 1. The molecule has 0 radical (unpaired) electrons. The number of hydrogen-bond acceptors (Lipinski definition) is 5. The summed E-state index contributed by atoms with van der Waals surface area (Å²) < 4.78 is 4.90. The smallest absolute Gasteiger partial charge is 0.255 e. The number of aromatic hydroxyl groups is 1. The van der Waals surface area contributed by atoms with Crippen LogP contribution in [0.4, 0.5) is 0 Å². The van der Waals surface area contributed by atoms with Gasteiger partial charge in [0.2, 0.25) is 5.78 Å². The number of carbonyl (C=O) groups excluding carboxylic acids is 3. The minimum absolute atomic E-state index is 0.0360. The first-order valence-corrected chi connectivity index (χ1v) is 5.62. The Bertz CT molecular complexity index is 616. The van der Waals surface area contributed by atoms with Crippen molar-refractivity contribution in [1.82, 2.24) is 5.32 Å². The zero-order valence-electron chi connectivity index (χ0n) is 9.62. The lowest BCUT2D eigenvalue weighted by atomic mass is 10.0. The van der Waals surface area contributed by atoms with Crippen LogP contribution < -0.4 is 5.32 Å². The number of nitrogens with one attached hydrogen (secondary N) is 1. The number of epoxide rings is 1. The molecule has 1 saturated heterocycles. The highest BCUT2D eigenvalue weighted by Gasteiger charge is 2.53. The number of phenols is 1. The van der Waals surface area contributed by atoms with Crippen LogP contribution in [0.3, 0.4) is 0 Å². The summed E-state index contributed by atoms with van der Waals surface area (Å²) in [6.45, 7) is 0. The molecule has 6 nitrogen and oxygen atoms in total. The fraction of sp³-hybridized carbons (Fsp3) is 0.154. The van der Waals surface area contributed by atoms with Crippen LogP contribution in [0.2, 0.25) is 0 Å². The molecule has 96 valence electrons. The van der Waals surface area contributed by atoms with Crippen molar-refractivity contribution in [2.75, 3.05) is 0 Å². The number of carbonyl (C=O) groups is 3. The van der Waals surface area contributed by atoms with Crippen LogP contribution in [0, 0.1) is 0 Å². The largest absolute Gasteiger partial charge is 0.508 e. The molecule has 19 heavy (non-hydrogen) atoms. The molecule has 1 aliphatic heterocycles. The van der Waals surface area contributed by atoms with Crippen molar-refractivity contribution in [3.05, 3.63) is 41.6 Å². The number of Topliss-reactive ketones (excluding diaryl/α,β-unsaturated/α-hetero) is 1. The van der Waals surface area contributed by atoms with E-state index in [4.69, 9.17) is 9.84 Å². The minimum Gasteiger partial charge on any atom is -0.508 e. The zero-order valence-corrected chi connectivity index (χ0v) is 9.62. The first-order chi connectivity index (χ1) is 9.06. The highest BCUT2D eigenvalue weighted by atomic mass is 16.6. The molecule has 0 bridgehead atoms. The van der Waals surface area contributed by atoms with E-state index in [2.05, 4.69) is 5.32 Å². The lowest BCUT2D eigenvalue weighted by molar-refractivity contribution is -0.119. The summed E-state index contributed by atoms with van der Waals surface area (Å²) in [7, 11) is 0. The Morgan fingerprint density at radius 1 is 1.16 bits per heavy atom.